The molecule has 0 aliphatic carbocycles. The molecule has 240 valence electrons. The molecule has 5 atom stereocenters. The van der Waals surface area contributed by atoms with Crippen LogP contribution in [0.2, 0.25) is 0 Å². The molecule has 1 fully saturated rings. The summed E-state index contributed by atoms with van der Waals surface area (Å²) in [6.45, 7) is 4.22. The van der Waals surface area contributed by atoms with Crippen molar-refractivity contribution in [1.82, 2.24) is 0 Å². The van der Waals surface area contributed by atoms with Crippen LogP contribution in [0.5, 0.6) is 17.2 Å². The first-order chi connectivity index (χ1) is 21.5. The number of rotatable bonds is 11. The quantitative estimate of drug-likeness (QED) is 0.172. The molecule has 1 aromatic heterocycles. The van der Waals surface area contributed by atoms with E-state index < -0.39 is 66.8 Å². The Balaban J connectivity index is 1.71. The van der Waals surface area contributed by atoms with E-state index in [2.05, 4.69) is 0 Å². The number of hydrogen-bond acceptors (Lipinski definition) is 14. The van der Waals surface area contributed by atoms with Gasteiger partial charge in [-0.15, -0.1) is 0 Å². The Kier molecular flexibility index (Phi) is 10.6. The van der Waals surface area contributed by atoms with E-state index in [4.69, 9.17) is 42.3 Å². The third-order valence-corrected chi connectivity index (χ3v) is 6.42. The zero-order valence-electron chi connectivity index (χ0n) is 25.1. The molecular formula is C31H32O14. The number of benzene rings is 2. The lowest BCUT2D eigenvalue weighted by Crippen LogP contribution is -2.63. The molecule has 0 amide bonds. The van der Waals surface area contributed by atoms with Gasteiger partial charge in [0.1, 0.15) is 30.7 Å². The summed E-state index contributed by atoms with van der Waals surface area (Å²) in [7, 11) is 1.31. The SMILES string of the molecule is COc1c(OCc2ccccc2)c2ccc(O[C@@H]3O[C@H](COC(C)=O)[C@@H](OC(C)=O)[C@H](OC(C)=O)[C@H]3OC(C)=O)cc2oc1=O. The zero-order valence-corrected chi connectivity index (χ0v) is 25.1. The van der Waals surface area contributed by atoms with E-state index in [9.17, 15) is 24.0 Å². The summed E-state index contributed by atoms with van der Waals surface area (Å²) < 4.78 is 50.0. The molecule has 45 heavy (non-hydrogen) atoms. The van der Waals surface area contributed by atoms with Gasteiger partial charge in [0.05, 0.1) is 12.5 Å². The van der Waals surface area contributed by atoms with Crippen LogP contribution in [0.25, 0.3) is 11.0 Å². The normalized spacial score (nSPS) is 20.9. The van der Waals surface area contributed by atoms with E-state index in [-0.39, 0.29) is 29.4 Å². The first kappa shape index (κ1) is 32.8. The van der Waals surface area contributed by atoms with Gasteiger partial charge in [0.25, 0.3) is 0 Å². The van der Waals surface area contributed by atoms with Gasteiger partial charge < -0.3 is 42.3 Å². The first-order valence-corrected chi connectivity index (χ1v) is 13.8. The fourth-order valence-electron chi connectivity index (χ4n) is 4.68. The molecule has 0 unspecified atom stereocenters. The van der Waals surface area contributed by atoms with Crippen molar-refractivity contribution in [2.45, 2.75) is 65.0 Å². The highest BCUT2D eigenvalue weighted by molar-refractivity contribution is 5.86. The van der Waals surface area contributed by atoms with E-state index >= 15 is 0 Å². The van der Waals surface area contributed by atoms with Crippen molar-refractivity contribution < 1.29 is 61.5 Å². The third kappa shape index (κ3) is 8.29. The van der Waals surface area contributed by atoms with Crippen LogP contribution in [-0.4, -0.2) is 68.3 Å². The molecule has 14 nitrogen and oxygen atoms in total. The Labute approximate surface area is 257 Å². The lowest BCUT2D eigenvalue weighted by molar-refractivity contribution is -0.288. The van der Waals surface area contributed by atoms with E-state index in [0.29, 0.717) is 5.39 Å². The number of hydrogen-bond donors (Lipinski definition) is 0. The maximum atomic E-state index is 12.8. The van der Waals surface area contributed by atoms with Gasteiger partial charge in [0, 0.05) is 33.8 Å². The van der Waals surface area contributed by atoms with Crippen molar-refractivity contribution in [2.24, 2.45) is 0 Å². The number of esters is 4. The minimum Gasteiger partial charge on any atom is -0.487 e. The van der Waals surface area contributed by atoms with Crippen LogP contribution in [0.15, 0.2) is 57.7 Å². The molecule has 0 radical (unpaired) electrons. The Morgan fingerprint density at radius 3 is 2.04 bits per heavy atom. The van der Waals surface area contributed by atoms with Gasteiger partial charge in [0.2, 0.25) is 18.1 Å². The van der Waals surface area contributed by atoms with Crippen molar-refractivity contribution in [3.8, 4) is 17.2 Å². The van der Waals surface area contributed by atoms with Crippen LogP contribution in [0, 0.1) is 0 Å². The average molecular weight is 629 g/mol. The summed E-state index contributed by atoms with van der Waals surface area (Å²) in [6, 6.07) is 13.7. The highest BCUT2D eigenvalue weighted by Crippen LogP contribution is 2.36. The van der Waals surface area contributed by atoms with Crippen LogP contribution in [0.1, 0.15) is 33.3 Å². The summed E-state index contributed by atoms with van der Waals surface area (Å²) in [6.07, 6.45) is -6.91. The molecule has 14 heteroatoms. The highest BCUT2D eigenvalue weighted by atomic mass is 16.7. The molecule has 1 aliphatic rings. The van der Waals surface area contributed by atoms with Gasteiger partial charge in [0.15, 0.2) is 18.0 Å². The summed E-state index contributed by atoms with van der Waals surface area (Å²) in [5, 5.41) is 0.385. The van der Waals surface area contributed by atoms with Gasteiger partial charge in [-0.25, -0.2) is 4.79 Å². The standard InChI is InChI=1S/C31H32O14/c1-16(32)38-15-24-26(40-17(2)33)27(41-18(3)34)29(42-19(4)35)31(45-24)43-21-11-12-22-23(13-21)44-30(36)28(37-5)25(22)39-14-20-9-7-6-8-10-20/h6-13,24,26-27,29,31H,14-15H2,1-5H3/t24-,26-,27+,29-,31-/m1/s1. The molecule has 0 bridgehead atoms. The van der Waals surface area contributed by atoms with Gasteiger partial charge in [-0.1, -0.05) is 30.3 Å². The van der Waals surface area contributed by atoms with E-state index in [1.807, 2.05) is 30.3 Å². The van der Waals surface area contributed by atoms with Crippen LogP contribution in [-0.2, 0) is 49.5 Å². The maximum Gasteiger partial charge on any atom is 0.383 e. The summed E-state index contributed by atoms with van der Waals surface area (Å²) in [4.78, 5) is 60.5. The molecule has 1 aliphatic heterocycles. The second-order valence-corrected chi connectivity index (χ2v) is 9.87. The second-order valence-electron chi connectivity index (χ2n) is 9.87. The highest BCUT2D eigenvalue weighted by Gasteiger charge is 2.53. The summed E-state index contributed by atoms with van der Waals surface area (Å²) >= 11 is 0. The number of fused-ring (bicyclic) bond motifs is 1. The maximum absolute atomic E-state index is 12.8. The first-order valence-electron chi connectivity index (χ1n) is 13.8. The Morgan fingerprint density at radius 1 is 0.778 bits per heavy atom. The summed E-state index contributed by atoms with van der Waals surface area (Å²) in [5.74, 6) is -2.91. The van der Waals surface area contributed by atoms with Crippen molar-refractivity contribution in [3.05, 3.63) is 64.5 Å². The van der Waals surface area contributed by atoms with Crippen LogP contribution in [0.4, 0.5) is 0 Å². The minimum atomic E-state index is -1.48. The molecule has 2 aromatic carbocycles. The smallest absolute Gasteiger partial charge is 0.383 e. The fraction of sp³-hybridized carbons (Fsp3) is 0.387. The van der Waals surface area contributed by atoms with Gasteiger partial charge in [-0.3, -0.25) is 19.2 Å². The van der Waals surface area contributed by atoms with Gasteiger partial charge >= 0.3 is 29.5 Å². The topological polar surface area (TPSA) is 172 Å². The molecule has 3 aromatic rings. The molecular weight excluding hydrogens is 596 g/mol. The van der Waals surface area contributed by atoms with Gasteiger partial charge in [-0.05, 0) is 17.7 Å². The molecule has 2 heterocycles. The lowest BCUT2D eigenvalue weighted by Gasteiger charge is -2.43. The average Bonchev–Trinajstić information content (AvgIpc) is 2.97. The van der Waals surface area contributed by atoms with Crippen LogP contribution in [0.3, 0.4) is 0 Å². The predicted octanol–water partition coefficient (Wildman–Crippen LogP) is 2.84. The largest absolute Gasteiger partial charge is 0.487 e. The fourth-order valence-corrected chi connectivity index (χ4v) is 4.68. The van der Waals surface area contributed by atoms with Crippen molar-refractivity contribution in [1.29, 1.82) is 0 Å². The zero-order chi connectivity index (χ0) is 32.7. The lowest BCUT2D eigenvalue weighted by atomic mass is 9.98. The Morgan fingerprint density at radius 2 is 1.42 bits per heavy atom. The monoisotopic (exact) mass is 628 g/mol. The molecule has 0 N–H and O–H groups in total. The Bertz CT molecular complexity index is 1600. The minimum absolute atomic E-state index is 0.0620. The molecule has 0 saturated carbocycles. The van der Waals surface area contributed by atoms with E-state index in [0.717, 1.165) is 26.3 Å². The molecule has 1 saturated heterocycles. The number of ether oxygens (including phenoxy) is 8. The molecule has 4 rings (SSSR count). The van der Waals surface area contributed by atoms with Gasteiger partial charge in [-0.2, -0.15) is 0 Å². The third-order valence-electron chi connectivity index (χ3n) is 6.42. The van der Waals surface area contributed by atoms with Crippen molar-refractivity contribution in [2.75, 3.05) is 13.7 Å². The van der Waals surface area contributed by atoms with Crippen LogP contribution < -0.4 is 19.8 Å². The second kappa shape index (κ2) is 14.6. The number of methoxy groups -OCH3 is 1. The summed E-state index contributed by atoms with van der Waals surface area (Å²) in [5.41, 5.74) is 0.106. The number of carbonyl (C=O) groups is 4. The van der Waals surface area contributed by atoms with Crippen molar-refractivity contribution in [3.63, 3.8) is 0 Å². The van der Waals surface area contributed by atoms with Crippen LogP contribution >= 0.6 is 0 Å². The van der Waals surface area contributed by atoms with E-state index in [1.54, 1.807) is 6.07 Å². The van der Waals surface area contributed by atoms with E-state index in [1.165, 1.54) is 26.2 Å². The number of carbonyl (C=O) groups excluding carboxylic acids is 4. The predicted molar refractivity (Wildman–Crippen MR) is 152 cm³/mol. The van der Waals surface area contributed by atoms with Crippen molar-refractivity contribution >= 4 is 34.8 Å². The Hall–Kier alpha value is -5.11. The molecule has 0 spiro atoms.